The molecular weight excluding hydrogens is 236 g/mol. The molecule has 4 heteroatoms. The number of nitrogen functional groups attached to an aromatic ring is 1. The molecule has 0 spiro atoms. The SMILES string of the molecule is CC(C)N(C)CCCCNc1cccc(C#N)c1N. The van der Waals surface area contributed by atoms with Crippen LogP contribution in [-0.4, -0.2) is 31.1 Å². The van der Waals surface area contributed by atoms with E-state index < -0.39 is 0 Å². The number of unbranched alkanes of at least 4 members (excludes halogenated alkanes) is 1. The van der Waals surface area contributed by atoms with Crippen molar-refractivity contribution in [3.8, 4) is 6.07 Å². The van der Waals surface area contributed by atoms with Crippen molar-refractivity contribution in [2.24, 2.45) is 0 Å². The molecule has 0 radical (unpaired) electrons. The van der Waals surface area contributed by atoms with E-state index in [2.05, 4.69) is 37.2 Å². The van der Waals surface area contributed by atoms with Crippen molar-refractivity contribution in [1.82, 2.24) is 4.90 Å². The normalized spacial score (nSPS) is 10.7. The number of nitrogens with zero attached hydrogens (tertiary/aromatic N) is 2. The Morgan fingerprint density at radius 2 is 2.11 bits per heavy atom. The summed E-state index contributed by atoms with van der Waals surface area (Å²) in [6.07, 6.45) is 2.24. The van der Waals surface area contributed by atoms with Gasteiger partial charge in [0.1, 0.15) is 6.07 Å². The highest BCUT2D eigenvalue weighted by molar-refractivity contribution is 5.72. The molecule has 104 valence electrons. The van der Waals surface area contributed by atoms with Crippen LogP contribution in [0, 0.1) is 11.3 Å². The van der Waals surface area contributed by atoms with Crippen molar-refractivity contribution in [2.45, 2.75) is 32.7 Å². The summed E-state index contributed by atoms with van der Waals surface area (Å²) in [6, 6.07) is 8.18. The zero-order valence-corrected chi connectivity index (χ0v) is 12.1. The zero-order valence-electron chi connectivity index (χ0n) is 12.1. The fourth-order valence-corrected chi connectivity index (χ4v) is 1.78. The van der Waals surface area contributed by atoms with Crippen LogP contribution in [0.25, 0.3) is 0 Å². The molecule has 0 heterocycles. The monoisotopic (exact) mass is 260 g/mol. The second kappa shape index (κ2) is 7.65. The predicted octanol–water partition coefficient (Wildman–Crippen LogP) is 2.67. The topological polar surface area (TPSA) is 65.1 Å². The van der Waals surface area contributed by atoms with Crippen LogP contribution in [0.5, 0.6) is 0 Å². The van der Waals surface area contributed by atoms with Gasteiger partial charge in [-0.05, 0) is 52.4 Å². The summed E-state index contributed by atoms with van der Waals surface area (Å²) in [7, 11) is 2.15. The molecule has 0 saturated carbocycles. The number of hydrogen-bond donors (Lipinski definition) is 2. The summed E-state index contributed by atoms with van der Waals surface area (Å²) in [6.45, 7) is 6.39. The second-order valence-corrected chi connectivity index (χ2v) is 5.09. The third-order valence-corrected chi connectivity index (χ3v) is 3.36. The molecule has 1 rings (SSSR count). The first-order valence-electron chi connectivity index (χ1n) is 6.79. The van der Waals surface area contributed by atoms with Gasteiger partial charge >= 0.3 is 0 Å². The first-order valence-corrected chi connectivity index (χ1v) is 6.79. The van der Waals surface area contributed by atoms with E-state index in [1.807, 2.05) is 12.1 Å². The Balaban J connectivity index is 2.33. The molecule has 0 aliphatic carbocycles. The third-order valence-electron chi connectivity index (χ3n) is 3.36. The molecule has 0 aliphatic rings. The molecule has 1 aromatic carbocycles. The minimum absolute atomic E-state index is 0.532. The number of nitriles is 1. The Hall–Kier alpha value is -1.73. The average molecular weight is 260 g/mol. The van der Waals surface area contributed by atoms with E-state index in [0.717, 1.165) is 31.6 Å². The standard InChI is InChI=1S/C15H24N4/c1-12(2)19(3)10-5-4-9-18-14-8-6-7-13(11-16)15(14)17/h6-8,12,18H,4-5,9-10,17H2,1-3H3. The summed E-state index contributed by atoms with van der Waals surface area (Å²) in [4.78, 5) is 2.34. The van der Waals surface area contributed by atoms with Gasteiger partial charge in [-0.3, -0.25) is 0 Å². The van der Waals surface area contributed by atoms with Crippen LogP contribution in [0.2, 0.25) is 0 Å². The van der Waals surface area contributed by atoms with Crippen molar-refractivity contribution >= 4 is 11.4 Å². The van der Waals surface area contributed by atoms with E-state index >= 15 is 0 Å². The average Bonchev–Trinajstić information content (AvgIpc) is 2.39. The van der Waals surface area contributed by atoms with Crippen molar-refractivity contribution in [3.63, 3.8) is 0 Å². The van der Waals surface area contributed by atoms with Crippen LogP contribution >= 0.6 is 0 Å². The summed E-state index contributed by atoms with van der Waals surface area (Å²) in [5.74, 6) is 0. The third kappa shape index (κ3) is 4.80. The number of anilines is 2. The fourth-order valence-electron chi connectivity index (χ4n) is 1.78. The Kier molecular flexibility index (Phi) is 6.17. The minimum Gasteiger partial charge on any atom is -0.396 e. The summed E-state index contributed by atoms with van der Waals surface area (Å²) < 4.78 is 0. The van der Waals surface area contributed by atoms with Gasteiger partial charge in [0.15, 0.2) is 0 Å². The first-order chi connectivity index (χ1) is 9.06. The van der Waals surface area contributed by atoms with Crippen LogP contribution in [-0.2, 0) is 0 Å². The van der Waals surface area contributed by atoms with E-state index in [1.54, 1.807) is 6.07 Å². The molecule has 0 amide bonds. The molecule has 0 aliphatic heterocycles. The van der Waals surface area contributed by atoms with Crippen LogP contribution in [0.15, 0.2) is 18.2 Å². The molecule has 19 heavy (non-hydrogen) atoms. The first kappa shape index (κ1) is 15.3. The number of para-hydroxylation sites is 1. The van der Waals surface area contributed by atoms with Gasteiger partial charge in [0.25, 0.3) is 0 Å². The minimum atomic E-state index is 0.532. The molecule has 0 unspecified atom stereocenters. The zero-order chi connectivity index (χ0) is 14.3. The molecule has 0 fully saturated rings. The lowest BCUT2D eigenvalue weighted by atomic mass is 10.1. The maximum atomic E-state index is 8.90. The van der Waals surface area contributed by atoms with E-state index in [4.69, 9.17) is 11.0 Å². The number of rotatable bonds is 7. The molecule has 1 aromatic rings. The van der Waals surface area contributed by atoms with Crippen LogP contribution in [0.4, 0.5) is 11.4 Å². The fraction of sp³-hybridized carbons (Fsp3) is 0.533. The van der Waals surface area contributed by atoms with Crippen molar-refractivity contribution in [3.05, 3.63) is 23.8 Å². The van der Waals surface area contributed by atoms with Gasteiger partial charge < -0.3 is 16.0 Å². The second-order valence-electron chi connectivity index (χ2n) is 5.09. The molecule has 3 N–H and O–H groups in total. The quantitative estimate of drug-likeness (QED) is 0.584. The summed E-state index contributed by atoms with van der Waals surface area (Å²) >= 11 is 0. The van der Waals surface area contributed by atoms with Crippen LogP contribution < -0.4 is 11.1 Å². The molecule has 0 aromatic heterocycles. The summed E-state index contributed by atoms with van der Waals surface area (Å²) in [5, 5.41) is 12.2. The number of nitrogens with two attached hydrogens (primary N) is 1. The maximum Gasteiger partial charge on any atom is 0.101 e. The number of nitrogens with one attached hydrogen (secondary N) is 1. The molecular formula is C15H24N4. The Morgan fingerprint density at radius 3 is 2.74 bits per heavy atom. The van der Waals surface area contributed by atoms with E-state index in [9.17, 15) is 0 Å². The van der Waals surface area contributed by atoms with E-state index in [-0.39, 0.29) is 0 Å². The molecule has 0 saturated heterocycles. The van der Waals surface area contributed by atoms with Gasteiger partial charge in [0.2, 0.25) is 0 Å². The maximum absolute atomic E-state index is 8.90. The van der Waals surface area contributed by atoms with Gasteiger partial charge in [-0.1, -0.05) is 6.07 Å². The van der Waals surface area contributed by atoms with Crippen molar-refractivity contribution < 1.29 is 0 Å². The number of hydrogen-bond acceptors (Lipinski definition) is 4. The van der Waals surface area contributed by atoms with Crippen molar-refractivity contribution in [2.75, 3.05) is 31.2 Å². The van der Waals surface area contributed by atoms with Gasteiger partial charge in [-0.15, -0.1) is 0 Å². The lowest BCUT2D eigenvalue weighted by Crippen LogP contribution is -2.27. The van der Waals surface area contributed by atoms with E-state index in [0.29, 0.717) is 17.3 Å². The highest BCUT2D eigenvalue weighted by Crippen LogP contribution is 2.21. The largest absolute Gasteiger partial charge is 0.396 e. The summed E-state index contributed by atoms with van der Waals surface area (Å²) in [5.41, 5.74) is 7.84. The molecule has 0 atom stereocenters. The Morgan fingerprint density at radius 1 is 1.37 bits per heavy atom. The molecule has 0 bridgehead atoms. The Bertz CT molecular complexity index is 434. The smallest absolute Gasteiger partial charge is 0.101 e. The predicted molar refractivity (Wildman–Crippen MR) is 81.1 cm³/mol. The van der Waals surface area contributed by atoms with Gasteiger partial charge in [0.05, 0.1) is 16.9 Å². The highest BCUT2D eigenvalue weighted by atomic mass is 15.1. The van der Waals surface area contributed by atoms with E-state index in [1.165, 1.54) is 0 Å². The van der Waals surface area contributed by atoms with Gasteiger partial charge in [-0.25, -0.2) is 0 Å². The lowest BCUT2D eigenvalue weighted by Gasteiger charge is -2.20. The Labute approximate surface area is 116 Å². The number of benzene rings is 1. The lowest BCUT2D eigenvalue weighted by molar-refractivity contribution is 0.269. The highest BCUT2D eigenvalue weighted by Gasteiger charge is 2.04. The van der Waals surface area contributed by atoms with Crippen molar-refractivity contribution in [1.29, 1.82) is 5.26 Å². The van der Waals surface area contributed by atoms with Crippen LogP contribution in [0.1, 0.15) is 32.3 Å². The van der Waals surface area contributed by atoms with Crippen LogP contribution in [0.3, 0.4) is 0 Å². The van der Waals surface area contributed by atoms with Gasteiger partial charge in [0, 0.05) is 12.6 Å². The van der Waals surface area contributed by atoms with Gasteiger partial charge in [-0.2, -0.15) is 5.26 Å². The molecule has 4 nitrogen and oxygen atoms in total.